The normalized spacial score (nSPS) is 11.4. The summed E-state index contributed by atoms with van der Waals surface area (Å²) >= 11 is 0. The number of nitrogens with zero attached hydrogens (tertiary/aromatic N) is 3. The fraction of sp³-hybridized carbons (Fsp3) is 0.120. The zero-order chi connectivity index (χ0) is 26.8. The minimum absolute atomic E-state index is 0. The molecule has 0 radical (unpaired) electrons. The summed E-state index contributed by atoms with van der Waals surface area (Å²) in [5.74, 6) is -0.915. The lowest BCUT2D eigenvalue weighted by Crippen LogP contribution is -2.17. The van der Waals surface area contributed by atoms with E-state index in [0.717, 1.165) is 5.56 Å². The predicted octanol–water partition coefficient (Wildman–Crippen LogP) is 7.46. The Morgan fingerprint density at radius 1 is 0.868 bits per heavy atom. The van der Waals surface area contributed by atoms with Crippen molar-refractivity contribution in [3.8, 4) is 11.3 Å². The Morgan fingerprint density at radius 3 is 2.16 bits per heavy atom. The van der Waals surface area contributed by atoms with Gasteiger partial charge in [0.1, 0.15) is 0 Å². The molecule has 0 atom stereocenters. The van der Waals surface area contributed by atoms with Crippen LogP contribution in [0.25, 0.3) is 11.3 Å². The van der Waals surface area contributed by atoms with Gasteiger partial charge in [-0.05, 0) is 61.0 Å². The number of pyridine rings is 1. The zero-order valence-corrected chi connectivity index (χ0v) is 21.1. The molecule has 1 amide bonds. The van der Waals surface area contributed by atoms with Crippen LogP contribution in [0.4, 0.5) is 43.7 Å². The molecule has 6 nitrogen and oxygen atoms in total. The number of benzene rings is 2. The van der Waals surface area contributed by atoms with Crippen molar-refractivity contribution in [2.45, 2.75) is 19.3 Å². The van der Waals surface area contributed by atoms with Crippen LogP contribution in [0, 0.1) is 6.92 Å². The number of carbonyl (C=O) groups excluding carboxylic acids is 1. The highest BCUT2D eigenvalue weighted by Gasteiger charge is 2.37. The van der Waals surface area contributed by atoms with Crippen LogP contribution in [-0.2, 0) is 12.4 Å². The number of alkyl halides is 6. The highest BCUT2D eigenvalue weighted by Crippen LogP contribution is 2.36. The first-order valence-corrected chi connectivity index (χ1v) is 10.6. The van der Waals surface area contributed by atoms with E-state index in [9.17, 15) is 31.1 Å². The van der Waals surface area contributed by atoms with Crippen LogP contribution in [0.5, 0.6) is 0 Å². The summed E-state index contributed by atoms with van der Waals surface area (Å²) in [7, 11) is 0. The van der Waals surface area contributed by atoms with Gasteiger partial charge in [0.05, 0.1) is 16.8 Å². The first-order chi connectivity index (χ1) is 17.4. The number of aryl methyl sites for hydroxylation is 1. The molecule has 0 saturated carbocycles. The lowest BCUT2D eigenvalue weighted by molar-refractivity contribution is -0.143. The van der Waals surface area contributed by atoms with Crippen LogP contribution < -0.4 is 10.6 Å². The molecule has 38 heavy (non-hydrogen) atoms. The molecule has 0 unspecified atom stereocenters. The molecule has 2 aromatic heterocycles. The van der Waals surface area contributed by atoms with Crippen LogP contribution in [0.2, 0.25) is 0 Å². The maximum atomic E-state index is 13.1. The van der Waals surface area contributed by atoms with Gasteiger partial charge >= 0.3 is 12.4 Å². The van der Waals surface area contributed by atoms with Crippen LogP contribution in [-0.4, -0.2) is 20.9 Å². The average molecular weight is 598 g/mol. The van der Waals surface area contributed by atoms with Gasteiger partial charge in [0.2, 0.25) is 5.95 Å². The summed E-state index contributed by atoms with van der Waals surface area (Å²) in [6.45, 7) is 1.75. The van der Waals surface area contributed by atoms with E-state index in [1.807, 2.05) is 6.07 Å². The van der Waals surface area contributed by atoms with Gasteiger partial charge in [-0.1, -0.05) is 6.07 Å². The molecule has 0 aliphatic heterocycles. The molecule has 0 aliphatic rings. The lowest BCUT2D eigenvalue weighted by Gasteiger charge is -2.15. The molecule has 2 aromatic carbocycles. The van der Waals surface area contributed by atoms with Crippen molar-refractivity contribution < 1.29 is 31.1 Å². The highest BCUT2D eigenvalue weighted by molar-refractivity contribution is 8.93. The van der Waals surface area contributed by atoms with Crippen molar-refractivity contribution in [1.29, 1.82) is 0 Å². The minimum Gasteiger partial charge on any atom is -0.324 e. The number of carbonyl (C=O) groups is 1. The third-order valence-corrected chi connectivity index (χ3v) is 5.20. The van der Waals surface area contributed by atoms with Crippen molar-refractivity contribution in [3.05, 3.63) is 95.4 Å². The van der Waals surface area contributed by atoms with Crippen molar-refractivity contribution in [1.82, 2.24) is 15.0 Å². The maximum absolute atomic E-state index is 13.1. The van der Waals surface area contributed by atoms with Gasteiger partial charge < -0.3 is 10.6 Å². The van der Waals surface area contributed by atoms with E-state index >= 15 is 0 Å². The Labute approximate surface area is 222 Å². The van der Waals surface area contributed by atoms with E-state index in [2.05, 4.69) is 25.6 Å². The van der Waals surface area contributed by atoms with Gasteiger partial charge in [-0.15, -0.1) is 17.0 Å². The predicted molar refractivity (Wildman–Crippen MR) is 134 cm³/mol. The molecule has 13 heteroatoms. The second kappa shape index (κ2) is 11.2. The van der Waals surface area contributed by atoms with Crippen molar-refractivity contribution in [2.24, 2.45) is 0 Å². The minimum atomic E-state index is -5.07. The van der Waals surface area contributed by atoms with Crippen molar-refractivity contribution in [3.63, 3.8) is 0 Å². The van der Waals surface area contributed by atoms with Gasteiger partial charge in [0, 0.05) is 41.1 Å². The standard InChI is InChI=1S/C25H17F6N5O.BrH/c1-14-4-5-19(12-21(14)36-23-33-8-6-20(35-23)15-3-2-7-32-13-15)34-22(37)16-9-17(24(26,27)28)11-18(10-16)25(29,30)31;/h2-13H,1H3,(H,34,37)(H,33,35,36);1H. The summed E-state index contributed by atoms with van der Waals surface area (Å²) in [6.07, 6.45) is -5.35. The Kier molecular flexibility index (Phi) is 8.40. The molecule has 4 aromatic rings. The quantitative estimate of drug-likeness (QED) is 0.233. The van der Waals surface area contributed by atoms with E-state index < -0.39 is 35.0 Å². The van der Waals surface area contributed by atoms with E-state index in [0.29, 0.717) is 29.1 Å². The smallest absolute Gasteiger partial charge is 0.324 e. The summed E-state index contributed by atoms with van der Waals surface area (Å²) in [5.41, 5.74) is -1.29. The van der Waals surface area contributed by atoms with E-state index in [4.69, 9.17) is 0 Å². The molecule has 2 heterocycles. The summed E-state index contributed by atoms with van der Waals surface area (Å²) in [4.78, 5) is 25.3. The number of nitrogens with one attached hydrogen (secondary N) is 2. The molecule has 2 N–H and O–H groups in total. The topological polar surface area (TPSA) is 79.8 Å². The molecule has 0 fully saturated rings. The van der Waals surface area contributed by atoms with Crippen LogP contribution in [0.3, 0.4) is 0 Å². The molecule has 4 rings (SSSR count). The number of aromatic nitrogens is 3. The largest absolute Gasteiger partial charge is 0.416 e. The summed E-state index contributed by atoms with van der Waals surface area (Å²) in [6, 6.07) is 10.5. The maximum Gasteiger partial charge on any atom is 0.416 e. The first kappa shape index (κ1) is 28.6. The number of rotatable bonds is 5. The van der Waals surface area contributed by atoms with Gasteiger partial charge in [-0.2, -0.15) is 26.3 Å². The molecule has 198 valence electrons. The molecular formula is C25H18BrF6N5O. The van der Waals surface area contributed by atoms with Gasteiger partial charge in [-0.3, -0.25) is 9.78 Å². The molecular weight excluding hydrogens is 580 g/mol. The van der Waals surface area contributed by atoms with E-state index in [1.165, 1.54) is 18.3 Å². The van der Waals surface area contributed by atoms with Crippen molar-refractivity contribution >= 4 is 40.2 Å². The average Bonchev–Trinajstić information content (AvgIpc) is 2.85. The van der Waals surface area contributed by atoms with Gasteiger partial charge in [-0.25, -0.2) is 9.97 Å². The Morgan fingerprint density at radius 2 is 1.55 bits per heavy atom. The number of hydrogen-bond acceptors (Lipinski definition) is 5. The number of hydrogen-bond donors (Lipinski definition) is 2. The molecule has 0 bridgehead atoms. The molecule has 0 saturated heterocycles. The second-order valence-corrected chi connectivity index (χ2v) is 7.91. The monoisotopic (exact) mass is 597 g/mol. The van der Waals surface area contributed by atoms with Crippen LogP contribution >= 0.6 is 17.0 Å². The Balaban J connectivity index is 0.00000400. The SMILES string of the molecule is Br.Cc1ccc(NC(=O)c2cc(C(F)(F)F)cc(C(F)(F)F)c2)cc1Nc1nccc(-c2cccnc2)n1. The van der Waals surface area contributed by atoms with Crippen LogP contribution in [0.1, 0.15) is 27.0 Å². The highest BCUT2D eigenvalue weighted by atomic mass is 79.9. The number of anilines is 3. The molecule has 0 aliphatic carbocycles. The summed E-state index contributed by atoms with van der Waals surface area (Å²) in [5, 5.41) is 5.35. The van der Waals surface area contributed by atoms with E-state index in [-0.39, 0.29) is 34.7 Å². The zero-order valence-electron chi connectivity index (χ0n) is 19.4. The van der Waals surface area contributed by atoms with Gasteiger partial charge in [0.15, 0.2) is 0 Å². The third-order valence-electron chi connectivity index (χ3n) is 5.20. The Bertz CT molecular complexity index is 1410. The number of halogens is 7. The first-order valence-electron chi connectivity index (χ1n) is 10.6. The third kappa shape index (κ3) is 6.85. The fourth-order valence-corrected chi connectivity index (χ4v) is 3.34. The second-order valence-electron chi connectivity index (χ2n) is 7.91. The molecule has 0 spiro atoms. The van der Waals surface area contributed by atoms with Crippen molar-refractivity contribution in [2.75, 3.05) is 10.6 Å². The summed E-state index contributed by atoms with van der Waals surface area (Å²) < 4.78 is 78.9. The lowest BCUT2D eigenvalue weighted by atomic mass is 10.0. The fourth-order valence-electron chi connectivity index (χ4n) is 3.34. The Hall–Kier alpha value is -4.00. The van der Waals surface area contributed by atoms with Crippen LogP contribution in [0.15, 0.2) is 73.2 Å². The number of amides is 1. The van der Waals surface area contributed by atoms with E-state index in [1.54, 1.807) is 37.5 Å². The van der Waals surface area contributed by atoms with Gasteiger partial charge in [0.25, 0.3) is 5.91 Å².